The number of hydrogen-bond acceptors (Lipinski definition) is 3. The molecule has 0 radical (unpaired) electrons. The Morgan fingerprint density at radius 1 is 1.30 bits per heavy atom. The zero-order valence-corrected chi connectivity index (χ0v) is 14.3. The van der Waals surface area contributed by atoms with Crippen molar-refractivity contribution in [3.8, 4) is 0 Å². The highest BCUT2D eigenvalue weighted by Crippen LogP contribution is 2.20. The molecule has 0 aromatic carbocycles. The van der Waals surface area contributed by atoms with Gasteiger partial charge in [-0.3, -0.25) is 5.32 Å². The molecule has 7 heteroatoms. The van der Waals surface area contributed by atoms with Crippen molar-refractivity contribution in [2.45, 2.75) is 46.7 Å². The summed E-state index contributed by atoms with van der Waals surface area (Å²) in [5, 5.41) is 10.0. The van der Waals surface area contributed by atoms with E-state index in [2.05, 4.69) is 46.1 Å². The Balaban J connectivity index is 1.77. The van der Waals surface area contributed by atoms with Gasteiger partial charge in [-0.05, 0) is 26.2 Å². The zero-order valence-electron chi connectivity index (χ0n) is 14.3. The molecule has 2 heterocycles. The number of nitrogens with zero attached hydrogens (tertiary/aromatic N) is 4. The van der Waals surface area contributed by atoms with Crippen LogP contribution in [0.1, 0.15) is 39.1 Å². The van der Waals surface area contributed by atoms with E-state index in [9.17, 15) is 4.79 Å². The van der Waals surface area contributed by atoms with Gasteiger partial charge in [0, 0.05) is 31.5 Å². The van der Waals surface area contributed by atoms with Gasteiger partial charge in [-0.15, -0.1) is 0 Å². The number of anilines is 1. The minimum absolute atomic E-state index is 0.204. The summed E-state index contributed by atoms with van der Waals surface area (Å²) in [5.74, 6) is 2.15. The van der Waals surface area contributed by atoms with Gasteiger partial charge < -0.3 is 9.88 Å². The molecule has 0 unspecified atom stereocenters. The molecule has 0 bridgehead atoms. The lowest BCUT2D eigenvalue weighted by Crippen LogP contribution is -2.31. The molecule has 2 aromatic heterocycles. The van der Waals surface area contributed by atoms with Crippen molar-refractivity contribution in [2.24, 2.45) is 5.92 Å². The lowest BCUT2D eigenvalue weighted by atomic mass is 10.1. The first-order chi connectivity index (χ1) is 11.0. The first-order valence-corrected chi connectivity index (χ1v) is 8.05. The van der Waals surface area contributed by atoms with Gasteiger partial charge in [0.2, 0.25) is 0 Å². The number of amides is 2. The predicted octanol–water partition coefficient (Wildman–Crippen LogP) is 2.82. The van der Waals surface area contributed by atoms with Gasteiger partial charge >= 0.3 is 6.03 Å². The van der Waals surface area contributed by atoms with Crippen LogP contribution in [0.3, 0.4) is 0 Å². The Kier molecular flexibility index (Phi) is 5.78. The summed E-state index contributed by atoms with van der Waals surface area (Å²) in [6, 6.07) is 1.84. The molecule has 0 saturated heterocycles. The third kappa shape index (κ3) is 4.58. The number of nitrogens with one attached hydrogen (secondary N) is 2. The number of carbonyl (C=O) groups is 1. The molecule has 0 aliphatic carbocycles. The van der Waals surface area contributed by atoms with Crippen molar-refractivity contribution in [3.63, 3.8) is 0 Å². The summed E-state index contributed by atoms with van der Waals surface area (Å²) in [5.41, 5.74) is 0. The first-order valence-electron chi connectivity index (χ1n) is 8.05. The molecule has 0 fully saturated rings. The van der Waals surface area contributed by atoms with Crippen LogP contribution in [0.15, 0.2) is 24.7 Å². The topological polar surface area (TPSA) is 76.8 Å². The van der Waals surface area contributed by atoms with Crippen LogP contribution in [-0.2, 0) is 6.54 Å². The van der Waals surface area contributed by atoms with E-state index in [1.165, 1.54) is 0 Å². The minimum atomic E-state index is -0.204. The molecule has 2 N–H and O–H groups in total. The molecule has 1 atom stereocenters. The van der Waals surface area contributed by atoms with Crippen LogP contribution in [0, 0.1) is 12.8 Å². The number of aromatic nitrogens is 4. The van der Waals surface area contributed by atoms with Gasteiger partial charge in [0.15, 0.2) is 0 Å². The number of aryl methyl sites for hydroxylation is 2. The molecule has 0 aliphatic heterocycles. The molecule has 2 rings (SSSR count). The molecule has 0 spiro atoms. The quantitative estimate of drug-likeness (QED) is 0.771. The Hall–Kier alpha value is -2.31. The number of urea groups is 1. The molecule has 126 valence electrons. The Bertz CT molecular complexity index is 630. The summed E-state index contributed by atoms with van der Waals surface area (Å²) < 4.78 is 3.91. The highest BCUT2D eigenvalue weighted by Gasteiger charge is 2.15. The number of carbonyl (C=O) groups excluding carboxylic acids is 1. The van der Waals surface area contributed by atoms with Gasteiger partial charge in [0.25, 0.3) is 0 Å². The van der Waals surface area contributed by atoms with Crippen LogP contribution in [0.4, 0.5) is 10.6 Å². The average Bonchev–Trinajstić information content (AvgIpc) is 3.12. The Morgan fingerprint density at radius 3 is 2.74 bits per heavy atom. The van der Waals surface area contributed by atoms with Crippen LogP contribution in [0.2, 0.25) is 0 Å². The highest BCUT2D eigenvalue weighted by molar-refractivity contribution is 5.88. The zero-order chi connectivity index (χ0) is 16.8. The third-order valence-electron chi connectivity index (χ3n) is 4.05. The van der Waals surface area contributed by atoms with E-state index < -0.39 is 0 Å². The predicted molar refractivity (Wildman–Crippen MR) is 90.4 cm³/mol. The van der Waals surface area contributed by atoms with E-state index >= 15 is 0 Å². The van der Waals surface area contributed by atoms with Crippen molar-refractivity contribution >= 4 is 11.8 Å². The van der Waals surface area contributed by atoms with Crippen molar-refractivity contribution in [2.75, 3.05) is 11.9 Å². The fourth-order valence-corrected chi connectivity index (χ4v) is 2.27. The molecule has 0 saturated carbocycles. The molecule has 2 amide bonds. The lowest BCUT2D eigenvalue weighted by molar-refractivity contribution is 0.251. The second kappa shape index (κ2) is 7.80. The van der Waals surface area contributed by atoms with Crippen LogP contribution in [-0.4, -0.2) is 31.9 Å². The third-order valence-corrected chi connectivity index (χ3v) is 4.05. The second-order valence-electron chi connectivity index (χ2n) is 6.05. The van der Waals surface area contributed by atoms with Crippen LogP contribution < -0.4 is 10.6 Å². The summed E-state index contributed by atoms with van der Waals surface area (Å²) in [7, 11) is 0. The molecule has 2 aromatic rings. The maximum Gasteiger partial charge on any atom is 0.320 e. The lowest BCUT2D eigenvalue weighted by Gasteiger charge is -2.19. The van der Waals surface area contributed by atoms with Crippen molar-refractivity contribution in [1.29, 1.82) is 0 Å². The minimum Gasteiger partial charge on any atom is -0.338 e. The summed E-state index contributed by atoms with van der Waals surface area (Å²) in [6.07, 6.45) is 6.29. The molecular formula is C16H26N6O. The monoisotopic (exact) mass is 318 g/mol. The van der Waals surface area contributed by atoms with Gasteiger partial charge in [-0.25, -0.2) is 14.5 Å². The standard InChI is InChI=1S/C16H26N6O/c1-12(2)13(3)22-15(6-8-19-22)20-16(23)18-7-5-10-21-11-9-17-14(21)4/h6,8-9,11-13H,5,7,10H2,1-4H3,(H2,18,20,23)/t13-/m0/s1. The highest BCUT2D eigenvalue weighted by atomic mass is 16.2. The number of rotatable bonds is 7. The smallest absolute Gasteiger partial charge is 0.320 e. The largest absolute Gasteiger partial charge is 0.338 e. The first kappa shape index (κ1) is 17.1. The van der Waals surface area contributed by atoms with E-state index in [1.807, 2.05) is 23.9 Å². The molecule has 23 heavy (non-hydrogen) atoms. The summed E-state index contributed by atoms with van der Waals surface area (Å²) >= 11 is 0. The fraction of sp³-hybridized carbons (Fsp3) is 0.562. The van der Waals surface area contributed by atoms with Gasteiger partial charge in [0.1, 0.15) is 11.6 Å². The van der Waals surface area contributed by atoms with Gasteiger partial charge in [-0.2, -0.15) is 5.10 Å². The van der Waals surface area contributed by atoms with Crippen molar-refractivity contribution in [3.05, 3.63) is 30.5 Å². The van der Waals surface area contributed by atoms with E-state index in [4.69, 9.17) is 0 Å². The SMILES string of the molecule is Cc1nccn1CCCNC(=O)Nc1ccnn1[C@@H](C)C(C)C. The number of hydrogen-bond donors (Lipinski definition) is 2. The van der Waals surface area contributed by atoms with E-state index in [0.717, 1.165) is 18.8 Å². The van der Waals surface area contributed by atoms with Crippen molar-refractivity contribution in [1.82, 2.24) is 24.6 Å². The van der Waals surface area contributed by atoms with Crippen LogP contribution in [0.25, 0.3) is 0 Å². The van der Waals surface area contributed by atoms with E-state index in [1.54, 1.807) is 12.4 Å². The van der Waals surface area contributed by atoms with Gasteiger partial charge in [0.05, 0.1) is 12.2 Å². The summed E-state index contributed by atoms with van der Waals surface area (Å²) in [4.78, 5) is 16.2. The normalized spacial score (nSPS) is 12.4. The number of imidazole rings is 1. The van der Waals surface area contributed by atoms with Crippen molar-refractivity contribution < 1.29 is 4.79 Å². The molecule has 0 aliphatic rings. The fourth-order valence-electron chi connectivity index (χ4n) is 2.27. The maximum absolute atomic E-state index is 12.0. The maximum atomic E-state index is 12.0. The molecular weight excluding hydrogens is 292 g/mol. The second-order valence-corrected chi connectivity index (χ2v) is 6.05. The van der Waals surface area contributed by atoms with E-state index in [-0.39, 0.29) is 12.1 Å². The van der Waals surface area contributed by atoms with Crippen LogP contribution in [0.5, 0.6) is 0 Å². The Labute approximate surface area is 137 Å². The Morgan fingerprint density at radius 2 is 2.09 bits per heavy atom. The summed E-state index contributed by atoms with van der Waals surface area (Å²) in [6.45, 7) is 9.78. The average molecular weight is 318 g/mol. The van der Waals surface area contributed by atoms with E-state index in [0.29, 0.717) is 18.3 Å². The van der Waals surface area contributed by atoms with Crippen LogP contribution >= 0.6 is 0 Å². The molecule has 7 nitrogen and oxygen atoms in total. The van der Waals surface area contributed by atoms with Gasteiger partial charge in [-0.1, -0.05) is 13.8 Å².